The lowest BCUT2D eigenvalue weighted by Crippen LogP contribution is -2.70. The molecular formula is C22H22ClN5OS. The molecule has 8 heteroatoms. The van der Waals surface area contributed by atoms with Gasteiger partial charge in [0.15, 0.2) is 11.3 Å². The van der Waals surface area contributed by atoms with E-state index in [2.05, 4.69) is 18.9 Å². The Kier molecular flexibility index (Phi) is 3.71. The van der Waals surface area contributed by atoms with Crippen molar-refractivity contribution < 1.29 is 4.74 Å². The molecule has 2 unspecified atom stereocenters. The van der Waals surface area contributed by atoms with Crippen LogP contribution in [0.3, 0.4) is 0 Å². The van der Waals surface area contributed by atoms with E-state index in [1.807, 2.05) is 41.5 Å². The van der Waals surface area contributed by atoms with Gasteiger partial charge < -0.3 is 4.74 Å². The van der Waals surface area contributed by atoms with Crippen LogP contribution >= 0.6 is 23.4 Å². The van der Waals surface area contributed by atoms with Crippen LogP contribution in [0.5, 0.6) is 5.75 Å². The molecule has 2 aliphatic heterocycles. The molecule has 2 aromatic rings. The molecule has 3 heterocycles. The molecule has 0 radical (unpaired) electrons. The molecular weight excluding hydrogens is 418 g/mol. The molecule has 3 saturated carbocycles. The predicted molar refractivity (Wildman–Crippen MR) is 122 cm³/mol. The lowest BCUT2D eigenvalue weighted by atomic mass is 9.31. The topological polar surface area (TPSA) is 64.1 Å². The first-order valence-corrected chi connectivity index (χ1v) is 11.4. The lowest BCUT2D eigenvalue weighted by molar-refractivity contribution is -0.212. The summed E-state index contributed by atoms with van der Waals surface area (Å²) in [5.41, 5.74) is 2.26. The van der Waals surface area contributed by atoms with Gasteiger partial charge in [-0.2, -0.15) is 5.10 Å². The molecule has 1 aromatic heterocycles. The first-order chi connectivity index (χ1) is 14.3. The van der Waals surface area contributed by atoms with E-state index in [0.29, 0.717) is 15.9 Å². The highest BCUT2D eigenvalue weighted by atomic mass is 35.5. The van der Waals surface area contributed by atoms with E-state index in [9.17, 15) is 0 Å². The first-order valence-electron chi connectivity index (χ1n) is 10.1. The Bertz CT molecular complexity index is 1150. The number of aliphatic imine (C=N–C) groups is 3. The van der Waals surface area contributed by atoms with Crippen LogP contribution in [0.4, 0.5) is 0 Å². The standard InChI is InChI=1S/C22H22ClN5OS/c1-20-9-22(10-20,11-20)21(2)12-24-17-18(27-21)30-19(26-17)28-8-13(7-25-28)15-6-14(23)4-5-16(15)29-3/h4-8,12,19H,9-11H2,1-3H3. The molecule has 2 bridgehead atoms. The van der Waals surface area contributed by atoms with Crippen LogP contribution in [0, 0.1) is 10.8 Å². The molecule has 5 aliphatic rings. The van der Waals surface area contributed by atoms with Crippen molar-refractivity contribution in [3.8, 4) is 16.9 Å². The van der Waals surface area contributed by atoms with Crippen LogP contribution in [0.15, 0.2) is 45.6 Å². The van der Waals surface area contributed by atoms with Crippen LogP contribution in [-0.2, 0) is 0 Å². The number of amidine groups is 1. The summed E-state index contributed by atoms with van der Waals surface area (Å²) in [4.78, 5) is 14.6. The fraction of sp³-hybridized carbons (Fsp3) is 0.455. The maximum Gasteiger partial charge on any atom is 0.196 e. The summed E-state index contributed by atoms with van der Waals surface area (Å²) >= 11 is 7.81. The van der Waals surface area contributed by atoms with Crippen LogP contribution in [0.1, 0.15) is 38.6 Å². The van der Waals surface area contributed by atoms with Gasteiger partial charge in [0.2, 0.25) is 0 Å². The van der Waals surface area contributed by atoms with Crippen molar-refractivity contribution in [2.75, 3.05) is 7.11 Å². The summed E-state index contributed by atoms with van der Waals surface area (Å²) in [5.74, 6) is 1.48. The van der Waals surface area contributed by atoms with Crippen molar-refractivity contribution in [3.63, 3.8) is 0 Å². The molecule has 7 rings (SSSR count). The summed E-state index contributed by atoms with van der Waals surface area (Å²) in [7, 11) is 1.65. The van der Waals surface area contributed by atoms with Crippen molar-refractivity contribution in [1.29, 1.82) is 0 Å². The van der Waals surface area contributed by atoms with E-state index in [-0.39, 0.29) is 11.0 Å². The Hall–Kier alpha value is -2.12. The number of rotatable bonds is 4. The second-order valence-electron chi connectivity index (χ2n) is 9.39. The summed E-state index contributed by atoms with van der Waals surface area (Å²) in [6, 6.07) is 5.57. The quantitative estimate of drug-likeness (QED) is 0.653. The first kappa shape index (κ1) is 18.6. The predicted octanol–water partition coefficient (Wildman–Crippen LogP) is 5.25. The lowest BCUT2D eigenvalue weighted by Gasteiger charge is -2.74. The summed E-state index contributed by atoms with van der Waals surface area (Å²) in [6.07, 6.45) is 9.58. The number of hydrogen-bond acceptors (Lipinski definition) is 6. The Morgan fingerprint density at radius 2 is 2.03 bits per heavy atom. The number of benzene rings is 1. The van der Waals surface area contributed by atoms with Gasteiger partial charge in [-0.1, -0.05) is 30.3 Å². The number of fused-ring (bicyclic) bond motifs is 1. The third kappa shape index (κ3) is 2.51. The van der Waals surface area contributed by atoms with Gasteiger partial charge in [0.1, 0.15) is 16.3 Å². The number of methoxy groups -OCH3 is 1. The zero-order valence-corrected chi connectivity index (χ0v) is 18.7. The highest BCUT2D eigenvalue weighted by Gasteiger charge is 2.72. The third-order valence-electron chi connectivity index (χ3n) is 7.08. The molecule has 1 aromatic carbocycles. The number of hydrogen-bond donors (Lipinski definition) is 0. The van der Waals surface area contributed by atoms with Gasteiger partial charge in [0.05, 0.1) is 13.3 Å². The fourth-order valence-electron chi connectivity index (χ4n) is 5.64. The molecule has 154 valence electrons. The van der Waals surface area contributed by atoms with E-state index < -0.39 is 0 Å². The van der Waals surface area contributed by atoms with Gasteiger partial charge in [-0.05, 0) is 49.8 Å². The second-order valence-corrected chi connectivity index (χ2v) is 10.9. The molecule has 2 atom stereocenters. The van der Waals surface area contributed by atoms with Gasteiger partial charge in [-0.25, -0.2) is 14.7 Å². The highest BCUT2D eigenvalue weighted by Crippen LogP contribution is 2.77. The Morgan fingerprint density at radius 3 is 2.77 bits per heavy atom. The van der Waals surface area contributed by atoms with Crippen molar-refractivity contribution in [3.05, 3.63) is 35.6 Å². The molecule has 0 amide bonds. The summed E-state index contributed by atoms with van der Waals surface area (Å²) in [6.45, 7) is 4.60. The molecule has 6 nitrogen and oxygen atoms in total. The van der Waals surface area contributed by atoms with E-state index >= 15 is 0 Å². The summed E-state index contributed by atoms with van der Waals surface area (Å²) in [5, 5.41) is 6.14. The van der Waals surface area contributed by atoms with Gasteiger partial charge in [-0.15, -0.1) is 0 Å². The van der Waals surface area contributed by atoms with Gasteiger partial charge in [0, 0.05) is 34.0 Å². The van der Waals surface area contributed by atoms with Crippen LogP contribution < -0.4 is 4.74 Å². The molecule has 3 aliphatic carbocycles. The number of aromatic nitrogens is 2. The van der Waals surface area contributed by atoms with Crippen molar-refractivity contribution in [2.24, 2.45) is 25.8 Å². The average molecular weight is 440 g/mol. The molecule has 0 N–H and O–H groups in total. The zero-order chi connectivity index (χ0) is 20.7. The van der Waals surface area contributed by atoms with Crippen molar-refractivity contribution >= 4 is 40.5 Å². The summed E-state index contributed by atoms with van der Waals surface area (Å²) < 4.78 is 7.33. The van der Waals surface area contributed by atoms with E-state index in [1.54, 1.807) is 18.9 Å². The normalized spacial score (nSPS) is 35.8. The number of ether oxygens (including phenoxy) is 1. The number of nitrogens with zero attached hydrogens (tertiary/aromatic N) is 5. The SMILES string of the molecule is COc1ccc(Cl)cc1-c1cnn(C2N=C3N=CC(C)(C45CC(C)(C4)C5)N=C3S2)c1. The van der Waals surface area contributed by atoms with Crippen LogP contribution in [-0.4, -0.2) is 39.5 Å². The van der Waals surface area contributed by atoms with E-state index in [4.69, 9.17) is 31.3 Å². The monoisotopic (exact) mass is 439 g/mol. The second kappa shape index (κ2) is 5.98. The van der Waals surface area contributed by atoms with Crippen molar-refractivity contribution in [2.45, 2.75) is 44.1 Å². The Balaban J connectivity index is 1.27. The molecule has 3 fully saturated rings. The van der Waals surface area contributed by atoms with Crippen LogP contribution in [0.2, 0.25) is 5.02 Å². The maximum absolute atomic E-state index is 6.19. The van der Waals surface area contributed by atoms with E-state index in [0.717, 1.165) is 27.8 Å². The smallest absolute Gasteiger partial charge is 0.196 e. The van der Waals surface area contributed by atoms with Crippen LogP contribution in [0.25, 0.3) is 11.1 Å². The number of halogens is 1. The van der Waals surface area contributed by atoms with Crippen molar-refractivity contribution in [1.82, 2.24) is 9.78 Å². The van der Waals surface area contributed by atoms with Gasteiger partial charge in [-0.3, -0.25) is 4.99 Å². The molecule has 0 spiro atoms. The molecule has 0 saturated heterocycles. The zero-order valence-electron chi connectivity index (χ0n) is 17.1. The maximum atomic E-state index is 6.19. The Morgan fingerprint density at radius 1 is 1.23 bits per heavy atom. The highest BCUT2D eigenvalue weighted by molar-refractivity contribution is 8.16. The molecule has 30 heavy (non-hydrogen) atoms. The van der Waals surface area contributed by atoms with E-state index in [1.165, 1.54) is 19.3 Å². The third-order valence-corrected chi connectivity index (χ3v) is 8.35. The van der Waals surface area contributed by atoms with Gasteiger partial charge >= 0.3 is 0 Å². The number of thioether (sulfide) groups is 1. The minimum atomic E-state index is -0.218. The average Bonchev–Trinajstić information content (AvgIpc) is 3.31. The minimum absolute atomic E-state index is 0.206. The largest absolute Gasteiger partial charge is 0.496 e. The minimum Gasteiger partial charge on any atom is -0.496 e. The Labute approximate surface area is 184 Å². The van der Waals surface area contributed by atoms with Gasteiger partial charge in [0.25, 0.3) is 0 Å². The fourth-order valence-corrected chi connectivity index (χ4v) is 6.84.